The first kappa shape index (κ1) is 16.7. The monoisotopic (exact) mass is 287 g/mol. The van der Waals surface area contributed by atoms with Gasteiger partial charge < -0.3 is 16.4 Å². The summed E-state index contributed by atoms with van der Waals surface area (Å²) in [6, 6.07) is 5.31. The molecule has 0 bridgehead atoms. The predicted molar refractivity (Wildman–Crippen MR) is 82.7 cm³/mol. The Balaban J connectivity index is 2.72. The Bertz CT molecular complexity index is 571. The topological polar surface area (TPSA) is 84.2 Å². The first-order valence-electron chi connectivity index (χ1n) is 6.93. The number of benzene rings is 1. The Kier molecular flexibility index (Phi) is 6.99. The summed E-state index contributed by atoms with van der Waals surface area (Å²) in [7, 11) is 0. The quantitative estimate of drug-likeness (QED) is 0.692. The minimum atomic E-state index is -0.282. The van der Waals surface area contributed by atoms with E-state index in [1.165, 1.54) is 0 Å². The molecular formula is C16H21N3O2. The number of nitrogens with two attached hydrogens (primary N) is 1. The Morgan fingerprint density at radius 2 is 2.05 bits per heavy atom. The third-order valence-corrected chi connectivity index (χ3v) is 2.89. The largest absolute Gasteiger partial charge is 0.355 e. The van der Waals surface area contributed by atoms with Gasteiger partial charge in [-0.25, -0.2) is 0 Å². The lowest BCUT2D eigenvalue weighted by molar-refractivity contribution is -0.120. The van der Waals surface area contributed by atoms with Crippen molar-refractivity contribution in [1.82, 2.24) is 10.6 Å². The van der Waals surface area contributed by atoms with Gasteiger partial charge in [0.25, 0.3) is 5.91 Å². The van der Waals surface area contributed by atoms with Gasteiger partial charge >= 0.3 is 0 Å². The molecule has 0 aliphatic heterocycles. The van der Waals surface area contributed by atoms with Crippen LogP contribution in [0.1, 0.15) is 34.8 Å². The standard InChI is InChI=1S/C16H21N3O2/c1-3-10-18-15(20)11-19-16(21)14-8-4-6-13(12(14)2)7-5-9-17/h4,6,8H,3,9-11,17H2,1-2H3,(H,18,20)(H,19,21). The molecule has 5 nitrogen and oxygen atoms in total. The van der Waals surface area contributed by atoms with Crippen LogP contribution in [0.5, 0.6) is 0 Å². The van der Waals surface area contributed by atoms with Gasteiger partial charge in [0.15, 0.2) is 0 Å². The smallest absolute Gasteiger partial charge is 0.252 e. The van der Waals surface area contributed by atoms with Gasteiger partial charge in [0, 0.05) is 17.7 Å². The zero-order valence-corrected chi connectivity index (χ0v) is 12.5. The van der Waals surface area contributed by atoms with Gasteiger partial charge in [-0.1, -0.05) is 24.8 Å². The summed E-state index contributed by atoms with van der Waals surface area (Å²) in [5, 5.41) is 5.31. The highest BCUT2D eigenvalue weighted by Gasteiger charge is 2.11. The Morgan fingerprint density at radius 1 is 1.29 bits per heavy atom. The summed E-state index contributed by atoms with van der Waals surface area (Å²) in [6.07, 6.45) is 0.862. The lowest BCUT2D eigenvalue weighted by Crippen LogP contribution is -2.37. The van der Waals surface area contributed by atoms with Crippen LogP contribution < -0.4 is 16.4 Å². The Morgan fingerprint density at radius 3 is 2.71 bits per heavy atom. The maximum Gasteiger partial charge on any atom is 0.252 e. The second-order valence-electron chi connectivity index (χ2n) is 4.52. The zero-order chi connectivity index (χ0) is 15.7. The number of nitrogens with one attached hydrogen (secondary N) is 2. The van der Waals surface area contributed by atoms with Crippen LogP contribution in [0, 0.1) is 18.8 Å². The summed E-state index contributed by atoms with van der Waals surface area (Å²) in [4.78, 5) is 23.6. The number of carbonyl (C=O) groups is 2. The van der Waals surface area contributed by atoms with Gasteiger partial charge in [0.2, 0.25) is 5.91 Å². The first-order valence-corrected chi connectivity index (χ1v) is 6.93. The molecule has 112 valence electrons. The molecule has 0 aliphatic carbocycles. The van der Waals surface area contributed by atoms with Crippen molar-refractivity contribution >= 4 is 11.8 Å². The van der Waals surface area contributed by atoms with E-state index in [0.29, 0.717) is 12.1 Å². The van der Waals surface area contributed by atoms with E-state index >= 15 is 0 Å². The fourth-order valence-electron chi connectivity index (χ4n) is 1.75. The highest BCUT2D eigenvalue weighted by Crippen LogP contribution is 2.12. The summed E-state index contributed by atoms with van der Waals surface area (Å²) < 4.78 is 0. The van der Waals surface area contributed by atoms with Gasteiger partial charge in [-0.15, -0.1) is 0 Å². The molecule has 2 amide bonds. The summed E-state index contributed by atoms with van der Waals surface area (Å²) in [5.41, 5.74) is 7.41. The number of hydrogen-bond acceptors (Lipinski definition) is 3. The van der Waals surface area contributed by atoms with Crippen molar-refractivity contribution in [3.63, 3.8) is 0 Å². The van der Waals surface area contributed by atoms with Gasteiger partial charge in [0.1, 0.15) is 0 Å². The van der Waals surface area contributed by atoms with Crippen LogP contribution in [0.2, 0.25) is 0 Å². The SMILES string of the molecule is CCCNC(=O)CNC(=O)c1cccc(C#CCN)c1C. The normalized spacial score (nSPS) is 9.48. The highest BCUT2D eigenvalue weighted by atomic mass is 16.2. The first-order chi connectivity index (χ1) is 10.1. The number of hydrogen-bond donors (Lipinski definition) is 3. The molecule has 0 saturated heterocycles. The van der Waals surface area contributed by atoms with Crippen molar-refractivity contribution in [3.8, 4) is 11.8 Å². The van der Waals surface area contributed by atoms with Gasteiger partial charge in [-0.3, -0.25) is 9.59 Å². The van der Waals surface area contributed by atoms with Crippen LogP contribution in [-0.4, -0.2) is 31.4 Å². The maximum atomic E-state index is 12.1. The van der Waals surface area contributed by atoms with Gasteiger partial charge in [0.05, 0.1) is 13.1 Å². The molecule has 21 heavy (non-hydrogen) atoms. The van der Waals surface area contributed by atoms with Crippen LogP contribution in [0.4, 0.5) is 0 Å². The van der Waals surface area contributed by atoms with E-state index in [0.717, 1.165) is 17.5 Å². The third kappa shape index (κ3) is 5.28. The molecule has 0 aromatic heterocycles. The molecule has 0 aliphatic rings. The van der Waals surface area contributed by atoms with Gasteiger partial charge in [-0.2, -0.15) is 0 Å². The molecule has 1 aromatic carbocycles. The van der Waals surface area contributed by atoms with Crippen LogP contribution in [0.15, 0.2) is 18.2 Å². The van der Waals surface area contributed by atoms with E-state index in [1.54, 1.807) is 12.1 Å². The van der Waals surface area contributed by atoms with E-state index in [9.17, 15) is 9.59 Å². The summed E-state index contributed by atoms with van der Waals surface area (Å²) in [5.74, 6) is 5.22. The maximum absolute atomic E-state index is 12.1. The van der Waals surface area contributed by atoms with Gasteiger partial charge in [-0.05, 0) is 31.0 Å². The molecule has 1 rings (SSSR count). The molecule has 0 heterocycles. The van der Waals surface area contributed by atoms with E-state index in [1.807, 2.05) is 19.9 Å². The van der Waals surface area contributed by atoms with Crippen LogP contribution in [0.3, 0.4) is 0 Å². The molecule has 1 aromatic rings. The molecule has 0 fully saturated rings. The van der Waals surface area contributed by atoms with Crippen LogP contribution >= 0.6 is 0 Å². The van der Waals surface area contributed by atoms with Crippen molar-refractivity contribution < 1.29 is 9.59 Å². The summed E-state index contributed by atoms with van der Waals surface area (Å²) >= 11 is 0. The Labute approximate surface area is 125 Å². The zero-order valence-electron chi connectivity index (χ0n) is 12.5. The predicted octanol–water partition coefficient (Wildman–Crippen LogP) is 0.561. The Hall–Kier alpha value is -2.32. The van der Waals surface area contributed by atoms with Crippen molar-refractivity contribution in [2.24, 2.45) is 5.73 Å². The molecule has 0 spiro atoms. The minimum absolute atomic E-state index is 0.0308. The van der Waals surface area contributed by atoms with Crippen molar-refractivity contribution in [1.29, 1.82) is 0 Å². The van der Waals surface area contributed by atoms with Crippen molar-refractivity contribution in [2.75, 3.05) is 19.6 Å². The lowest BCUT2D eigenvalue weighted by atomic mass is 10.0. The second-order valence-corrected chi connectivity index (χ2v) is 4.52. The average Bonchev–Trinajstić information content (AvgIpc) is 2.49. The molecule has 0 unspecified atom stereocenters. The van der Waals surface area contributed by atoms with E-state index < -0.39 is 0 Å². The van der Waals surface area contributed by atoms with Crippen molar-refractivity contribution in [2.45, 2.75) is 20.3 Å². The molecule has 4 N–H and O–H groups in total. The highest BCUT2D eigenvalue weighted by molar-refractivity contribution is 5.98. The van der Waals surface area contributed by atoms with Crippen LogP contribution in [0.25, 0.3) is 0 Å². The lowest BCUT2D eigenvalue weighted by Gasteiger charge is -2.09. The second kappa shape index (κ2) is 8.77. The fraction of sp³-hybridized carbons (Fsp3) is 0.375. The van der Waals surface area contributed by atoms with E-state index in [2.05, 4.69) is 22.5 Å². The third-order valence-electron chi connectivity index (χ3n) is 2.89. The van der Waals surface area contributed by atoms with E-state index in [-0.39, 0.29) is 24.9 Å². The minimum Gasteiger partial charge on any atom is -0.355 e. The molecule has 0 atom stereocenters. The fourth-order valence-corrected chi connectivity index (χ4v) is 1.75. The molecule has 5 heteroatoms. The van der Waals surface area contributed by atoms with E-state index in [4.69, 9.17) is 5.73 Å². The van der Waals surface area contributed by atoms with Crippen molar-refractivity contribution in [3.05, 3.63) is 34.9 Å². The number of carbonyl (C=O) groups excluding carboxylic acids is 2. The van der Waals surface area contributed by atoms with Crippen LogP contribution in [-0.2, 0) is 4.79 Å². The number of amides is 2. The molecule has 0 saturated carbocycles. The summed E-state index contributed by atoms with van der Waals surface area (Å²) in [6.45, 7) is 4.64. The molecule has 0 radical (unpaired) electrons. The number of rotatable bonds is 5. The average molecular weight is 287 g/mol. The molecular weight excluding hydrogens is 266 g/mol.